The number of rotatable bonds is 4. The van der Waals surface area contributed by atoms with Crippen molar-refractivity contribution in [2.45, 2.75) is 19.3 Å². The zero-order valence-electron chi connectivity index (χ0n) is 12.0. The lowest BCUT2D eigenvalue weighted by Gasteiger charge is -2.03. The molecule has 0 spiro atoms. The van der Waals surface area contributed by atoms with Crippen LogP contribution in [0.25, 0.3) is 0 Å². The minimum Gasteiger partial charge on any atom is -0.273 e. The van der Waals surface area contributed by atoms with Crippen molar-refractivity contribution in [3.8, 4) is 0 Å². The van der Waals surface area contributed by atoms with Gasteiger partial charge < -0.3 is 0 Å². The van der Waals surface area contributed by atoms with Crippen LogP contribution in [0, 0.1) is 5.92 Å². The molecule has 2 atom stereocenters. The van der Waals surface area contributed by atoms with E-state index in [-0.39, 0.29) is 11.8 Å². The van der Waals surface area contributed by atoms with E-state index in [2.05, 4.69) is 22.7 Å². The van der Waals surface area contributed by atoms with Crippen molar-refractivity contribution in [2.75, 3.05) is 0 Å². The van der Waals surface area contributed by atoms with Crippen molar-refractivity contribution < 1.29 is 4.79 Å². The van der Waals surface area contributed by atoms with Crippen molar-refractivity contribution in [1.82, 2.24) is 5.43 Å². The Morgan fingerprint density at radius 3 is 2.33 bits per heavy atom. The normalized spacial score (nSPS) is 20.9. The van der Waals surface area contributed by atoms with Gasteiger partial charge in [0.1, 0.15) is 0 Å². The Morgan fingerprint density at radius 1 is 1.05 bits per heavy atom. The van der Waals surface area contributed by atoms with Crippen LogP contribution in [0.15, 0.2) is 65.8 Å². The van der Waals surface area contributed by atoms with Crippen molar-refractivity contribution in [3.05, 3.63) is 71.8 Å². The van der Waals surface area contributed by atoms with Crippen LogP contribution in [0.3, 0.4) is 0 Å². The molecular formula is C18H18N2O. The quantitative estimate of drug-likeness (QED) is 0.676. The van der Waals surface area contributed by atoms with Crippen molar-refractivity contribution in [3.63, 3.8) is 0 Å². The molecule has 3 nitrogen and oxygen atoms in total. The molecule has 0 aromatic heterocycles. The molecule has 2 aromatic rings. The third kappa shape index (κ3) is 3.19. The maximum absolute atomic E-state index is 12.1. The highest BCUT2D eigenvalue weighted by Gasteiger charge is 2.43. The summed E-state index contributed by atoms with van der Waals surface area (Å²) in [4.78, 5) is 12.1. The SMILES string of the molecule is CC(=NNC(=O)[C@H]1C[C@@H]1c1ccccc1)c1ccccc1. The smallest absolute Gasteiger partial charge is 0.243 e. The molecule has 2 aromatic carbocycles. The van der Waals surface area contributed by atoms with Crippen molar-refractivity contribution >= 4 is 11.6 Å². The molecule has 0 radical (unpaired) electrons. The minimum absolute atomic E-state index is 0.0131. The molecular weight excluding hydrogens is 260 g/mol. The second kappa shape index (κ2) is 5.92. The number of carbonyl (C=O) groups excluding carboxylic acids is 1. The molecule has 0 unspecified atom stereocenters. The second-order valence-corrected chi connectivity index (χ2v) is 5.40. The van der Waals surface area contributed by atoms with Gasteiger partial charge in [-0.05, 0) is 30.4 Å². The summed E-state index contributed by atoms with van der Waals surface area (Å²) in [6.07, 6.45) is 0.912. The summed E-state index contributed by atoms with van der Waals surface area (Å²) in [6.45, 7) is 1.90. The first-order valence-electron chi connectivity index (χ1n) is 7.20. The molecule has 1 N–H and O–H groups in total. The number of hydrogen-bond acceptors (Lipinski definition) is 2. The Kier molecular flexibility index (Phi) is 3.82. The Labute approximate surface area is 124 Å². The summed E-state index contributed by atoms with van der Waals surface area (Å²) in [7, 11) is 0. The molecule has 1 fully saturated rings. The van der Waals surface area contributed by atoms with Crippen LogP contribution in [-0.2, 0) is 4.79 Å². The largest absolute Gasteiger partial charge is 0.273 e. The highest BCUT2D eigenvalue weighted by atomic mass is 16.2. The van der Waals surface area contributed by atoms with Crippen molar-refractivity contribution in [1.29, 1.82) is 0 Å². The monoisotopic (exact) mass is 278 g/mol. The van der Waals surface area contributed by atoms with Gasteiger partial charge in [0.15, 0.2) is 0 Å². The molecule has 3 rings (SSSR count). The standard InChI is InChI=1S/C18H18N2O/c1-13(14-8-4-2-5-9-14)19-20-18(21)17-12-16(17)15-10-6-3-7-11-15/h2-11,16-17H,12H2,1H3,(H,20,21)/t16-,17+/m1/s1. The van der Waals surface area contributed by atoms with Gasteiger partial charge in [0.2, 0.25) is 5.91 Å². The van der Waals surface area contributed by atoms with Gasteiger partial charge in [-0.25, -0.2) is 5.43 Å². The number of nitrogens with zero attached hydrogens (tertiary/aromatic N) is 1. The lowest BCUT2D eigenvalue weighted by molar-refractivity contribution is -0.122. The predicted octanol–water partition coefficient (Wildman–Crippen LogP) is 3.33. The molecule has 0 saturated heterocycles. The predicted molar refractivity (Wildman–Crippen MR) is 84.1 cm³/mol. The second-order valence-electron chi connectivity index (χ2n) is 5.40. The van der Waals surface area contributed by atoms with E-state index in [4.69, 9.17) is 0 Å². The van der Waals surface area contributed by atoms with E-state index in [1.807, 2.05) is 55.5 Å². The third-order valence-corrected chi connectivity index (χ3v) is 3.88. The molecule has 21 heavy (non-hydrogen) atoms. The summed E-state index contributed by atoms with van der Waals surface area (Å²) in [5.41, 5.74) is 5.77. The van der Waals surface area contributed by atoms with Gasteiger partial charge >= 0.3 is 0 Å². The summed E-state index contributed by atoms with van der Waals surface area (Å²) in [5.74, 6) is 0.414. The van der Waals surface area contributed by atoms with Gasteiger partial charge in [0.25, 0.3) is 0 Å². The summed E-state index contributed by atoms with van der Waals surface area (Å²) < 4.78 is 0. The average molecular weight is 278 g/mol. The first-order valence-corrected chi connectivity index (χ1v) is 7.20. The number of benzene rings is 2. The van der Waals surface area contributed by atoms with E-state index in [0.717, 1.165) is 17.7 Å². The maximum Gasteiger partial charge on any atom is 0.243 e. The topological polar surface area (TPSA) is 41.5 Å². The number of amides is 1. The van der Waals surface area contributed by atoms with Gasteiger partial charge in [0, 0.05) is 5.92 Å². The van der Waals surface area contributed by atoms with Crippen LogP contribution in [0.5, 0.6) is 0 Å². The lowest BCUT2D eigenvalue weighted by Crippen LogP contribution is -2.21. The third-order valence-electron chi connectivity index (χ3n) is 3.88. The first-order chi connectivity index (χ1) is 10.3. The fraction of sp³-hybridized carbons (Fsp3) is 0.222. The highest BCUT2D eigenvalue weighted by molar-refractivity contribution is 5.99. The van der Waals surface area contributed by atoms with E-state index in [0.29, 0.717) is 5.92 Å². The molecule has 0 heterocycles. The zero-order valence-corrected chi connectivity index (χ0v) is 12.0. The van der Waals surface area contributed by atoms with E-state index in [9.17, 15) is 4.79 Å². The highest BCUT2D eigenvalue weighted by Crippen LogP contribution is 2.47. The van der Waals surface area contributed by atoms with Crippen LogP contribution in [-0.4, -0.2) is 11.6 Å². The number of nitrogens with one attached hydrogen (secondary N) is 1. The van der Waals surface area contributed by atoms with Crippen LogP contribution < -0.4 is 5.43 Å². The molecule has 1 amide bonds. The maximum atomic E-state index is 12.1. The first kappa shape index (κ1) is 13.6. The van der Waals surface area contributed by atoms with E-state index in [1.165, 1.54) is 5.56 Å². The Bertz CT molecular complexity index is 649. The van der Waals surface area contributed by atoms with Gasteiger partial charge in [-0.3, -0.25) is 4.79 Å². The number of carbonyl (C=O) groups is 1. The fourth-order valence-corrected chi connectivity index (χ4v) is 2.52. The molecule has 1 saturated carbocycles. The summed E-state index contributed by atoms with van der Waals surface area (Å²) >= 11 is 0. The molecule has 1 aliphatic carbocycles. The van der Waals surface area contributed by atoms with E-state index in [1.54, 1.807) is 0 Å². The van der Waals surface area contributed by atoms with Crippen LogP contribution in [0.1, 0.15) is 30.4 Å². The fourth-order valence-electron chi connectivity index (χ4n) is 2.52. The van der Waals surface area contributed by atoms with Crippen molar-refractivity contribution in [2.24, 2.45) is 11.0 Å². The Hall–Kier alpha value is -2.42. The van der Waals surface area contributed by atoms with Gasteiger partial charge in [-0.2, -0.15) is 5.10 Å². The molecule has 3 heteroatoms. The molecule has 106 valence electrons. The van der Waals surface area contributed by atoms with E-state index >= 15 is 0 Å². The zero-order chi connectivity index (χ0) is 14.7. The van der Waals surface area contributed by atoms with Gasteiger partial charge in [0.05, 0.1) is 5.71 Å². The molecule has 0 aliphatic heterocycles. The van der Waals surface area contributed by atoms with E-state index < -0.39 is 0 Å². The van der Waals surface area contributed by atoms with Crippen LogP contribution >= 0.6 is 0 Å². The summed E-state index contributed by atoms with van der Waals surface area (Å²) in [6, 6.07) is 20.0. The van der Waals surface area contributed by atoms with Crippen LogP contribution in [0.4, 0.5) is 0 Å². The van der Waals surface area contributed by atoms with Crippen LogP contribution in [0.2, 0.25) is 0 Å². The average Bonchev–Trinajstić information content (AvgIpc) is 3.35. The molecule has 0 bridgehead atoms. The summed E-state index contributed by atoms with van der Waals surface area (Å²) in [5, 5.41) is 4.20. The number of hydrogen-bond donors (Lipinski definition) is 1. The lowest BCUT2D eigenvalue weighted by atomic mass is 10.1. The minimum atomic E-state index is 0.0131. The molecule has 1 aliphatic rings. The Balaban J connectivity index is 1.59. The Morgan fingerprint density at radius 2 is 1.67 bits per heavy atom. The van der Waals surface area contributed by atoms with Gasteiger partial charge in [-0.1, -0.05) is 60.7 Å². The number of hydrazone groups is 1. The van der Waals surface area contributed by atoms with Gasteiger partial charge in [-0.15, -0.1) is 0 Å².